The highest BCUT2D eigenvalue weighted by Crippen LogP contribution is 2.27. The second-order valence-electron chi connectivity index (χ2n) is 5.81. The van der Waals surface area contributed by atoms with Gasteiger partial charge in [-0.05, 0) is 6.42 Å². The van der Waals surface area contributed by atoms with E-state index in [1.807, 2.05) is 6.92 Å². The van der Waals surface area contributed by atoms with Crippen LogP contribution >= 0.6 is 0 Å². The van der Waals surface area contributed by atoms with Gasteiger partial charge in [-0.1, -0.05) is 12.1 Å². The fourth-order valence-electron chi connectivity index (χ4n) is 2.69. The predicted octanol–water partition coefficient (Wildman–Crippen LogP) is -2.65. The van der Waals surface area contributed by atoms with Gasteiger partial charge in [0.15, 0.2) is 6.23 Å². The molecule has 25 heavy (non-hydrogen) atoms. The van der Waals surface area contributed by atoms with Gasteiger partial charge in [0.1, 0.15) is 18.3 Å². The van der Waals surface area contributed by atoms with Crippen molar-refractivity contribution < 1.29 is 20.1 Å². The number of aromatic nitrogens is 5. The van der Waals surface area contributed by atoms with Crippen molar-refractivity contribution in [3.63, 3.8) is 0 Å². The zero-order valence-corrected chi connectivity index (χ0v) is 13.4. The minimum Gasteiger partial charge on any atom is -0.394 e. The number of nitrogens with zero attached hydrogens (tertiary/aromatic N) is 4. The maximum absolute atomic E-state index is 12.1. The lowest BCUT2D eigenvalue weighted by Crippen LogP contribution is -2.39. The number of aryl methyl sites for hydroxylation is 1. The molecule has 11 nitrogen and oxygen atoms in total. The molecule has 1 saturated heterocycles. The van der Waals surface area contributed by atoms with Crippen LogP contribution in [0.2, 0.25) is 0 Å². The monoisotopic (exact) mass is 353 g/mol. The number of H-pyrrole nitrogens is 1. The summed E-state index contributed by atoms with van der Waals surface area (Å²) in [4.78, 5) is 26.2. The van der Waals surface area contributed by atoms with Crippen molar-refractivity contribution in [1.82, 2.24) is 24.5 Å². The quantitative estimate of drug-likeness (QED) is 0.454. The van der Waals surface area contributed by atoms with Crippen molar-refractivity contribution in [1.29, 1.82) is 0 Å². The number of ether oxygens (including phenoxy) is 1. The molecule has 0 saturated carbocycles. The van der Waals surface area contributed by atoms with E-state index in [1.165, 1.54) is 10.9 Å². The van der Waals surface area contributed by atoms with E-state index in [9.17, 15) is 19.8 Å². The Morgan fingerprint density at radius 2 is 2.04 bits per heavy atom. The van der Waals surface area contributed by atoms with Crippen LogP contribution in [-0.2, 0) is 17.7 Å². The average Bonchev–Trinajstić information content (AvgIpc) is 3.16. The summed E-state index contributed by atoms with van der Waals surface area (Å²) in [6.07, 6.45) is -1.40. The highest BCUT2D eigenvalue weighted by atomic mass is 16.6. The molecule has 3 heterocycles. The molecule has 4 atom stereocenters. The summed E-state index contributed by atoms with van der Waals surface area (Å²) in [5.74, 6) is 0. The second-order valence-corrected chi connectivity index (χ2v) is 5.81. The van der Waals surface area contributed by atoms with Gasteiger partial charge in [0, 0.05) is 12.4 Å². The number of hydrogen-bond acceptors (Lipinski definition) is 8. The van der Waals surface area contributed by atoms with E-state index < -0.39 is 42.4 Å². The van der Waals surface area contributed by atoms with Crippen LogP contribution in [0.3, 0.4) is 0 Å². The molecule has 0 aliphatic carbocycles. The highest BCUT2D eigenvalue weighted by Gasteiger charge is 2.43. The Morgan fingerprint density at radius 1 is 1.28 bits per heavy atom. The van der Waals surface area contributed by atoms with Crippen LogP contribution in [0.5, 0.6) is 0 Å². The van der Waals surface area contributed by atoms with E-state index in [1.54, 1.807) is 6.20 Å². The number of aromatic amines is 1. The van der Waals surface area contributed by atoms with Crippen LogP contribution in [0.4, 0.5) is 0 Å². The first-order valence-corrected chi connectivity index (χ1v) is 7.80. The smallest absolute Gasteiger partial charge is 0.330 e. The Balaban J connectivity index is 1.93. The Bertz CT molecular complexity index is 858. The van der Waals surface area contributed by atoms with Crippen LogP contribution in [-0.4, -0.2) is 64.8 Å². The standard InChI is InChI=1S/C14H19N5O6/c1-2-8-5-18(17-16-8)3-7-4-19(14(24)15-12(7)23)13-11(22)10(21)9(6-20)25-13/h4-5,9-11,13,20-22H,2-3,6H2,1H3,(H,15,23,24)/t9-,10?,11?,13-/m1/s1. The molecule has 136 valence electrons. The first-order chi connectivity index (χ1) is 11.9. The van der Waals surface area contributed by atoms with Gasteiger partial charge in [0.2, 0.25) is 0 Å². The van der Waals surface area contributed by atoms with Crippen molar-refractivity contribution in [3.05, 3.63) is 44.5 Å². The minimum atomic E-state index is -1.42. The number of aliphatic hydroxyl groups is 3. The number of rotatable bonds is 5. The molecule has 0 spiro atoms. The first-order valence-electron chi connectivity index (χ1n) is 7.80. The van der Waals surface area contributed by atoms with Gasteiger partial charge in [0.05, 0.1) is 24.4 Å². The van der Waals surface area contributed by atoms with Gasteiger partial charge < -0.3 is 20.1 Å². The van der Waals surface area contributed by atoms with Crippen LogP contribution in [0.1, 0.15) is 24.4 Å². The molecular formula is C14H19N5O6. The van der Waals surface area contributed by atoms with Crippen LogP contribution in [0.15, 0.2) is 22.0 Å². The molecule has 0 radical (unpaired) electrons. The van der Waals surface area contributed by atoms with Gasteiger partial charge in [-0.3, -0.25) is 14.3 Å². The summed E-state index contributed by atoms with van der Waals surface area (Å²) in [6.45, 7) is 1.47. The van der Waals surface area contributed by atoms with Gasteiger partial charge in [-0.2, -0.15) is 0 Å². The molecule has 1 aliphatic rings. The van der Waals surface area contributed by atoms with Crippen LogP contribution in [0, 0.1) is 0 Å². The van der Waals surface area contributed by atoms with Gasteiger partial charge in [-0.25, -0.2) is 9.48 Å². The van der Waals surface area contributed by atoms with E-state index in [0.717, 1.165) is 10.3 Å². The Labute approximate surface area is 141 Å². The normalized spacial score (nSPS) is 26.2. The molecule has 1 aliphatic heterocycles. The SMILES string of the molecule is CCc1cn(Cc2cn([C@@H]3O[C@H](CO)C(O)C3O)c(=O)[nH]c2=O)nn1. The van der Waals surface area contributed by atoms with E-state index in [2.05, 4.69) is 15.3 Å². The molecule has 3 rings (SSSR count). The molecule has 2 aromatic heterocycles. The maximum atomic E-state index is 12.1. The van der Waals surface area contributed by atoms with Crippen molar-refractivity contribution in [2.45, 2.75) is 44.4 Å². The summed E-state index contributed by atoms with van der Waals surface area (Å²) in [5, 5.41) is 36.9. The third-order valence-electron chi connectivity index (χ3n) is 4.11. The van der Waals surface area contributed by atoms with E-state index in [0.29, 0.717) is 6.42 Å². The van der Waals surface area contributed by atoms with E-state index in [-0.39, 0.29) is 12.1 Å². The van der Waals surface area contributed by atoms with Gasteiger partial charge >= 0.3 is 5.69 Å². The van der Waals surface area contributed by atoms with E-state index in [4.69, 9.17) is 9.84 Å². The number of hydrogen-bond donors (Lipinski definition) is 4. The van der Waals surface area contributed by atoms with Gasteiger partial charge in [-0.15, -0.1) is 5.10 Å². The average molecular weight is 353 g/mol. The molecule has 2 unspecified atom stereocenters. The lowest BCUT2D eigenvalue weighted by Gasteiger charge is -2.17. The summed E-state index contributed by atoms with van der Waals surface area (Å²) in [6, 6.07) is 0. The number of nitrogens with one attached hydrogen (secondary N) is 1. The molecule has 1 fully saturated rings. The highest BCUT2D eigenvalue weighted by molar-refractivity contribution is 5.07. The molecular weight excluding hydrogens is 334 g/mol. The van der Waals surface area contributed by atoms with Crippen molar-refractivity contribution in [2.75, 3.05) is 6.61 Å². The molecule has 0 aromatic carbocycles. The fourth-order valence-corrected chi connectivity index (χ4v) is 2.69. The third kappa shape index (κ3) is 3.26. The van der Waals surface area contributed by atoms with E-state index >= 15 is 0 Å². The topological polar surface area (TPSA) is 155 Å². The Kier molecular flexibility index (Phi) is 4.81. The van der Waals surface area contributed by atoms with Crippen molar-refractivity contribution in [2.24, 2.45) is 0 Å². The molecule has 4 N–H and O–H groups in total. The third-order valence-corrected chi connectivity index (χ3v) is 4.11. The van der Waals surface area contributed by atoms with Crippen molar-refractivity contribution in [3.8, 4) is 0 Å². The number of aliphatic hydroxyl groups excluding tert-OH is 3. The maximum Gasteiger partial charge on any atom is 0.330 e. The summed E-state index contributed by atoms with van der Waals surface area (Å²) in [7, 11) is 0. The molecule has 0 amide bonds. The van der Waals surface area contributed by atoms with Crippen molar-refractivity contribution >= 4 is 0 Å². The summed E-state index contributed by atoms with van der Waals surface area (Å²) < 4.78 is 7.76. The predicted molar refractivity (Wildman–Crippen MR) is 82.8 cm³/mol. The minimum absolute atomic E-state index is 0.0669. The zero-order chi connectivity index (χ0) is 18.1. The fraction of sp³-hybridized carbons (Fsp3) is 0.571. The Morgan fingerprint density at radius 3 is 2.64 bits per heavy atom. The van der Waals surface area contributed by atoms with Crippen LogP contribution < -0.4 is 11.2 Å². The second kappa shape index (κ2) is 6.88. The molecule has 0 bridgehead atoms. The summed E-state index contributed by atoms with van der Waals surface area (Å²) in [5.41, 5.74) is -0.434. The first kappa shape index (κ1) is 17.5. The largest absolute Gasteiger partial charge is 0.394 e. The lowest BCUT2D eigenvalue weighted by atomic mass is 10.1. The van der Waals surface area contributed by atoms with Crippen LogP contribution in [0.25, 0.3) is 0 Å². The Hall–Kier alpha value is -2.34. The molecule has 2 aromatic rings. The summed E-state index contributed by atoms with van der Waals surface area (Å²) >= 11 is 0. The zero-order valence-electron chi connectivity index (χ0n) is 13.4. The molecule has 11 heteroatoms. The lowest BCUT2D eigenvalue weighted by molar-refractivity contribution is -0.0551. The van der Waals surface area contributed by atoms with Gasteiger partial charge in [0.25, 0.3) is 5.56 Å².